The molecule has 1 unspecified atom stereocenters. The zero-order valence-corrected chi connectivity index (χ0v) is 13.4. The summed E-state index contributed by atoms with van der Waals surface area (Å²) < 4.78 is 19.6. The summed E-state index contributed by atoms with van der Waals surface area (Å²) >= 11 is 3.26. The van der Waals surface area contributed by atoms with Crippen LogP contribution in [-0.4, -0.2) is 11.7 Å². The minimum atomic E-state index is -0.691. The molecule has 0 aromatic heterocycles. The van der Waals surface area contributed by atoms with E-state index >= 15 is 0 Å². The highest BCUT2D eigenvalue weighted by Gasteiger charge is 2.11. The van der Waals surface area contributed by atoms with Crippen molar-refractivity contribution < 1.29 is 14.2 Å². The molecule has 112 valence electrons. The van der Waals surface area contributed by atoms with Gasteiger partial charge in [-0.2, -0.15) is 0 Å². The minimum absolute atomic E-state index is 0.313. The van der Waals surface area contributed by atoms with E-state index < -0.39 is 6.10 Å². The normalized spacial score (nSPS) is 12.2. The van der Waals surface area contributed by atoms with E-state index in [0.717, 1.165) is 23.3 Å². The van der Waals surface area contributed by atoms with Crippen LogP contribution in [-0.2, 0) is 6.42 Å². The SMILES string of the molecule is CCCOc1cccc(C(O)Cc2cc(F)cc(Br)c2)c1. The standard InChI is InChI=1S/C17H18BrFO2/c1-2-6-21-16-5-3-4-13(10-16)17(20)9-12-7-14(18)11-15(19)8-12/h3-5,7-8,10-11,17,20H,2,6,9H2,1H3. The third-order valence-corrected chi connectivity index (χ3v) is 3.52. The fraction of sp³-hybridized carbons (Fsp3) is 0.294. The van der Waals surface area contributed by atoms with Crippen LogP contribution in [0.1, 0.15) is 30.6 Å². The monoisotopic (exact) mass is 352 g/mol. The molecule has 0 bridgehead atoms. The second-order valence-electron chi connectivity index (χ2n) is 4.92. The number of rotatable bonds is 6. The Bertz CT molecular complexity index is 581. The van der Waals surface area contributed by atoms with Crippen LogP contribution in [0.5, 0.6) is 5.75 Å². The summed E-state index contributed by atoms with van der Waals surface area (Å²) in [6.07, 6.45) is 0.599. The lowest BCUT2D eigenvalue weighted by atomic mass is 10.0. The maximum Gasteiger partial charge on any atom is 0.124 e. The van der Waals surface area contributed by atoms with Gasteiger partial charge in [-0.15, -0.1) is 0 Å². The van der Waals surface area contributed by atoms with Gasteiger partial charge in [0.05, 0.1) is 12.7 Å². The Kier molecular flexibility index (Phi) is 5.76. The highest BCUT2D eigenvalue weighted by atomic mass is 79.9. The lowest BCUT2D eigenvalue weighted by Crippen LogP contribution is -2.03. The van der Waals surface area contributed by atoms with E-state index in [9.17, 15) is 9.50 Å². The highest BCUT2D eigenvalue weighted by Crippen LogP contribution is 2.24. The van der Waals surface area contributed by atoms with Gasteiger partial charge in [0.25, 0.3) is 0 Å². The van der Waals surface area contributed by atoms with Gasteiger partial charge in [0.15, 0.2) is 0 Å². The van der Waals surface area contributed by atoms with Crippen molar-refractivity contribution in [3.8, 4) is 5.75 Å². The van der Waals surface area contributed by atoms with Gasteiger partial charge in [-0.3, -0.25) is 0 Å². The summed E-state index contributed by atoms with van der Waals surface area (Å²) in [6, 6.07) is 12.0. The summed E-state index contributed by atoms with van der Waals surface area (Å²) in [5, 5.41) is 10.3. The van der Waals surface area contributed by atoms with Crippen molar-refractivity contribution in [1.29, 1.82) is 0 Å². The zero-order valence-electron chi connectivity index (χ0n) is 11.9. The smallest absolute Gasteiger partial charge is 0.124 e. The Morgan fingerprint density at radius 1 is 1.24 bits per heavy atom. The second kappa shape index (κ2) is 7.57. The number of hydrogen-bond acceptors (Lipinski definition) is 2. The van der Waals surface area contributed by atoms with Gasteiger partial charge in [-0.1, -0.05) is 35.0 Å². The molecule has 0 radical (unpaired) electrons. The molecule has 2 aromatic carbocycles. The molecular weight excluding hydrogens is 335 g/mol. The van der Waals surface area contributed by atoms with Gasteiger partial charge >= 0.3 is 0 Å². The van der Waals surface area contributed by atoms with E-state index in [2.05, 4.69) is 15.9 Å². The van der Waals surface area contributed by atoms with Crippen molar-refractivity contribution in [2.24, 2.45) is 0 Å². The Hall–Kier alpha value is -1.39. The van der Waals surface area contributed by atoms with Gasteiger partial charge in [0, 0.05) is 10.9 Å². The van der Waals surface area contributed by atoms with E-state index in [1.54, 1.807) is 0 Å². The topological polar surface area (TPSA) is 29.5 Å². The van der Waals surface area contributed by atoms with Crippen molar-refractivity contribution in [1.82, 2.24) is 0 Å². The van der Waals surface area contributed by atoms with Crippen LogP contribution in [0.4, 0.5) is 4.39 Å². The molecule has 2 aromatic rings. The number of halogens is 2. The fourth-order valence-electron chi connectivity index (χ4n) is 2.10. The molecule has 0 aliphatic heterocycles. The maximum atomic E-state index is 13.4. The molecule has 0 aliphatic carbocycles. The van der Waals surface area contributed by atoms with Crippen LogP contribution < -0.4 is 4.74 Å². The molecule has 2 rings (SSSR count). The Morgan fingerprint density at radius 2 is 2.05 bits per heavy atom. The Morgan fingerprint density at radius 3 is 2.76 bits per heavy atom. The highest BCUT2D eigenvalue weighted by molar-refractivity contribution is 9.10. The average molecular weight is 353 g/mol. The molecule has 1 atom stereocenters. The van der Waals surface area contributed by atoms with Crippen LogP contribution in [0.25, 0.3) is 0 Å². The Labute approximate surface area is 132 Å². The van der Waals surface area contributed by atoms with E-state index in [0.29, 0.717) is 17.5 Å². The first kappa shape index (κ1) is 16.0. The molecule has 4 heteroatoms. The molecule has 0 saturated carbocycles. The third-order valence-electron chi connectivity index (χ3n) is 3.07. The molecule has 2 nitrogen and oxygen atoms in total. The van der Waals surface area contributed by atoms with Crippen molar-refractivity contribution in [2.45, 2.75) is 25.9 Å². The summed E-state index contributed by atoms with van der Waals surface area (Å²) in [6.45, 7) is 2.69. The van der Waals surface area contributed by atoms with E-state index in [1.807, 2.05) is 37.3 Å². The quantitative estimate of drug-likeness (QED) is 0.819. The minimum Gasteiger partial charge on any atom is -0.494 e. The zero-order chi connectivity index (χ0) is 15.2. The lowest BCUT2D eigenvalue weighted by Gasteiger charge is -2.13. The first-order valence-electron chi connectivity index (χ1n) is 6.94. The third kappa shape index (κ3) is 4.83. The lowest BCUT2D eigenvalue weighted by molar-refractivity contribution is 0.177. The van der Waals surface area contributed by atoms with E-state index in [1.165, 1.54) is 12.1 Å². The molecule has 1 N–H and O–H groups in total. The van der Waals surface area contributed by atoms with Crippen LogP contribution in [0, 0.1) is 5.82 Å². The molecule has 21 heavy (non-hydrogen) atoms. The van der Waals surface area contributed by atoms with Crippen LogP contribution in [0.2, 0.25) is 0 Å². The van der Waals surface area contributed by atoms with Crippen LogP contribution in [0.3, 0.4) is 0 Å². The number of aliphatic hydroxyl groups excluding tert-OH is 1. The number of aliphatic hydroxyl groups is 1. The summed E-state index contributed by atoms with van der Waals surface area (Å²) in [7, 11) is 0. The maximum absolute atomic E-state index is 13.4. The van der Waals surface area contributed by atoms with Gasteiger partial charge < -0.3 is 9.84 Å². The largest absolute Gasteiger partial charge is 0.494 e. The molecule has 0 amide bonds. The molecule has 0 saturated heterocycles. The number of benzene rings is 2. The van der Waals surface area contributed by atoms with Crippen molar-refractivity contribution in [3.63, 3.8) is 0 Å². The second-order valence-corrected chi connectivity index (χ2v) is 5.83. The van der Waals surface area contributed by atoms with Gasteiger partial charge in [0.1, 0.15) is 11.6 Å². The van der Waals surface area contributed by atoms with Crippen molar-refractivity contribution in [2.75, 3.05) is 6.61 Å². The molecule has 0 fully saturated rings. The first-order chi connectivity index (χ1) is 10.1. The summed E-state index contributed by atoms with van der Waals surface area (Å²) in [5.41, 5.74) is 1.51. The van der Waals surface area contributed by atoms with Gasteiger partial charge in [-0.25, -0.2) is 4.39 Å². The first-order valence-corrected chi connectivity index (χ1v) is 7.73. The molecule has 0 spiro atoms. The van der Waals surface area contributed by atoms with E-state index in [4.69, 9.17) is 4.74 Å². The predicted molar refractivity (Wildman–Crippen MR) is 85.0 cm³/mol. The van der Waals surface area contributed by atoms with Crippen LogP contribution >= 0.6 is 15.9 Å². The van der Waals surface area contributed by atoms with Crippen molar-refractivity contribution in [3.05, 3.63) is 63.9 Å². The summed E-state index contributed by atoms with van der Waals surface area (Å²) in [4.78, 5) is 0. The van der Waals surface area contributed by atoms with Gasteiger partial charge in [-0.05, 0) is 47.9 Å². The number of ether oxygens (including phenoxy) is 1. The van der Waals surface area contributed by atoms with E-state index in [-0.39, 0.29) is 5.82 Å². The van der Waals surface area contributed by atoms with Crippen molar-refractivity contribution >= 4 is 15.9 Å². The molecular formula is C17H18BrFO2. The van der Waals surface area contributed by atoms with Gasteiger partial charge in [0.2, 0.25) is 0 Å². The number of hydrogen-bond donors (Lipinski definition) is 1. The fourth-order valence-corrected chi connectivity index (χ4v) is 2.61. The summed E-state index contributed by atoms with van der Waals surface area (Å²) in [5.74, 6) is 0.431. The Balaban J connectivity index is 2.10. The molecule has 0 heterocycles. The molecule has 0 aliphatic rings. The van der Waals surface area contributed by atoms with Crippen LogP contribution in [0.15, 0.2) is 46.9 Å². The predicted octanol–water partition coefficient (Wildman–Crippen LogP) is 4.65. The average Bonchev–Trinajstić information content (AvgIpc) is 2.44.